The summed E-state index contributed by atoms with van der Waals surface area (Å²) in [6.07, 6.45) is -9.83. The number of carboxylic acids is 1. The lowest BCUT2D eigenvalue weighted by molar-refractivity contribution is -0.143. The van der Waals surface area contributed by atoms with Crippen molar-refractivity contribution in [1.29, 1.82) is 0 Å². The lowest BCUT2D eigenvalue weighted by atomic mass is 10.0. The molecule has 4 N–H and O–H groups in total. The largest absolute Gasteiger partial charge is 0.480 e. The second-order valence-corrected chi connectivity index (χ2v) is 13.9. The summed E-state index contributed by atoms with van der Waals surface area (Å²) < 4.78 is 115. The summed E-state index contributed by atoms with van der Waals surface area (Å²) in [5.41, 5.74) is -2.61. The molecule has 1 fully saturated rings. The number of hydrogen-bond donors (Lipinski definition) is 4. The molecule has 0 radical (unpaired) electrons. The molecule has 3 atom stereocenters. The number of pyridine rings is 1. The lowest BCUT2D eigenvalue weighted by Crippen LogP contribution is -2.49. The summed E-state index contributed by atoms with van der Waals surface area (Å²) in [6.45, 7) is 3.13. The number of anilines is 1. The van der Waals surface area contributed by atoms with Gasteiger partial charge in [-0.1, -0.05) is 23.8 Å². The number of aryl methyl sites for hydroxylation is 3. The molecule has 0 spiro atoms. The third kappa shape index (κ3) is 10.2. The van der Waals surface area contributed by atoms with Gasteiger partial charge in [0.1, 0.15) is 18.5 Å². The van der Waals surface area contributed by atoms with E-state index in [-0.39, 0.29) is 30.5 Å². The Morgan fingerprint density at radius 2 is 1.60 bits per heavy atom. The van der Waals surface area contributed by atoms with E-state index in [0.717, 1.165) is 10.5 Å². The van der Waals surface area contributed by atoms with E-state index in [4.69, 9.17) is 4.74 Å². The zero-order valence-corrected chi connectivity index (χ0v) is 28.7. The van der Waals surface area contributed by atoms with Crippen molar-refractivity contribution in [1.82, 2.24) is 19.9 Å². The van der Waals surface area contributed by atoms with Crippen molar-refractivity contribution in [3.8, 4) is 0 Å². The highest BCUT2D eigenvalue weighted by molar-refractivity contribution is 7.89. The average Bonchev–Trinajstić information content (AvgIpc) is 3.46. The van der Waals surface area contributed by atoms with E-state index in [1.165, 1.54) is 6.20 Å². The van der Waals surface area contributed by atoms with Crippen LogP contribution in [0.15, 0.2) is 59.6 Å². The number of hydrogen-bond acceptors (Lipinski definition) is 8. The Bertz CT molecular complexity index is 1850. The molecule has 3 aromatic rings. The van der Waals surface area contributed by atoms with Crippen molar-refractivity contribution < 1.29 is 59.0 Å². The van der Waals surface area contributed by atoms with Crippen LogP contribution in [0.2, 0.25) is 0 Å². The molecule has 0 saturated carbocycles. The molecule has 0 unspecified atom stereocenters. The summed E-state index contributed by atoms with van der Waals surface area (Å²) >= 11 is 0. The van der Waals surface area contributed by atoms with E-state index < -0.39 is 88.2 Å². The van der Waals surface area contributed by atoms with Crippen molar-refractivity contribution in [2.45, 2.75) is 62.6 Å². The van der Waals surface area contributed by atoms with Crippen LogP contribution in [-0.2, 0) is 36.7 Å². The van der Waals surface area contributed by atoms with Gasteiger partial charge in [0.25, 0.3) is 5.91 Å². The van der Waals surface area contributed by atoms with E-state index in [0.29, 0.717) is 29.1 Å². The van der Waals surface area contributed by atoms with Crippen molar-refractivity contribution >= 4 is 33.6 Å². The van der Waals surface area contributed by atoms with Crippen molar-refractivity contribution in [2.24, 2.45) is 0 Å². The third-order valence-electron chi connectivity index (χ3n) is 8.08. The zero-order chi connectivity index (χ0) is 38.6. The molecule has 2 aromatic carbocycles. The van der Waals surface area contributed by atoms with Gasteiger partial charge in [-0.3, -0.25) is 14.4 Å². The van der Waals surface area contributed by atoms with Crippen molar-refractivity contribution in [2.75, 3.05) is 31.6 Å². The number of nitrogens with one attached hydrogen (secondary N) is 3. The van der Waals surface area contributed by atoms with Gasteiger partial charge >= 0.3 is 18.3 Å². The molecule has 52 heavy (non-hydrogen) atoms. The molecule has 4 rings (SSSR count). The van der Waals surface area contributed by atoms with Crippen LogP contribution in [0.25, 0.3) is 0 Å². The number of carboxylic acid groups (broad SMARTS) is 1. The molecular formula is C33H35F6N5O7S. The van der Waals surface area contributed by atoms with E-state index in [2.05, 4.69) is 20.3 Å². The van der Waals surface area contributed by atoms with Crippen LogP contribution in [0.3, 0.4) is 0 Å². The topological polar surface area (TPSA) is 167 Å². The molecule has 1 aliphatic heterocycles. The molecule has 2 amide bonds. The van der Waals surface area contributed by atoms with Crippen LogP contribution >= 0.6 is 0 Å². The van der Waals surface area contributed by atoms with Gasteiger partial charge in [-0.2, -0.15) is 31.1 Å². The molecule has 282 valence electrons. The number of aromatic nitrogens is 1. The van der Waals surface area contributed by atoms with Gasteiger partial charge in [-0.05, 0) is 68.7 Å². The number of rotatable bonds is 13. The molecule has 19 heteroatoms. The summed E-state index contributed by atoms with van der Waals surface area (Å²) in [5.74, 6) is -3.22. The Labute approximate surface area is 294 Å². The second-order valence-electron chi connectivity index (χ2n) is 12.2. The third-order valence-corrected chi connectivity index (χ3v) is 9.85. The SMILES string of the molecule is Cc1cc(C)c(S(=O)(=O)N[C@@H](CNC(=O)CO[C@@H]2C[C@@H](CNc3ccccn3)N(C(=O)c3cc(C(F)(F)F)cc(C(F)(F)F)c3)C2)C(=O)O)c(C)c1. The van der Waals surface area contributed by atoms with Gasteiger partial charge in [-0.15, -0.1) is 0 Å². The smallest absolute Gasteiger partial charge is 0.416 e. The van der Waals surface area contributed by atoms with Gasteiger partial charge in [0.2, 0.25) is 15.9 Å². The normalized spacial score (nSPS) is 17.1. The molecule has 12 nitrogen and oxygen atoms in total. The molecule has 1 aromatic heterocycles. The van der Waals surface area contributed by atoms with Crippen LogP contribution in [-0.4, -0.2) is 85.6 Å². The van der Waals surface area contributed by atoms with Gasteiger partial charge < -0.3 is 25.4 Å². The predicted molar refractivity (Wildman–Crippen MR) is 174 cm³/mol. The van der Waals surface area contributed by atoms with Gasteiger partial charge in [0.05, 0.1) is 28.2 Å². The number of carbonyl (C=O) groups excluding carboxylic acids is 2. The maximum Gasteiger partial charge on any atom is 0.416 e. The number of carbonyl (C=O) groups is 3. The minimum absolute atomic E-state index is 0.00323. The molecule has 0 bridgehead atoms. The van der Waals surface area contributed by atoms with Gasteiger partial charge in [0.15, 0.2) is 0 Å². The molecule has 2 heterocycles. The predicted octanol–water partition coefficient (Wildman–Crippen LogP) is 4.30. The Morgan fingerprint density at radius 3 is 2.13 bits per heavy atom. The Morgan fingerprint density at radius 1 is 0.981 bits per heavy atom. The Kier molecular flexibility index (Phi) is 12.2. The molecule has 0 aliphatic carbocycles. The van der Waals surface area contributed by atoms with Gasteiger partial charge in [0, 0.05) is 31.4 Å². The number of aliphatic carboxylic acids is 1. The highest BCUT2D eigenvalue weighted by Crippen LogP contribution is 2.37. The minimum atomic E-state index is -5.18. The summed E-state index contributed by atoms with van der Waals surface area (Å²) in [7, 11) is -4.33. The summed E-state index contributed by atoms with van der Waals surface area (Å²) in [6, 6.07) is 6.08. The first-order valence-electron chi connectivity index (χ1n) is 15.6. The standard InChI is InChI=1S/C33H35F6N5O7S/c1-18-8-19(2)29(20(3)9-18)52(49,50)43-26(31(47)48)15-42-28(45)17-51-25-13-24(14-41-27-6-4-5-7-40-27)44(16-25)30(46)21-10-22(32(34,35)36)12-23(11-21)33(37,38)39/h4-12,24-26,43H,13-17H2,1-3H3,(H,40,41)(H,42,45)(H,47,48)/t24-,25+,26-/m0/s1. The summed E-state index contributed by atoms with van der Waals surface area (Å²) in [5, 5.41) is 14.9. The van der Waals surface area contributed by atoms with E-state index in [1.54, 1.807) is 51.1 Å². The van der Waals surface area contributed by atoms with Crippen molar-refractivity contribution in [3.05, 3.63) is 88.1 Å². The number of likely N-dealkylation sites (tertiary alicyclic amines) is 1. The fourth-order valence-electron chi connectivity index (χ4n) is 5.85. The highest BCUT2D eigenvalue weighted by Gasteiger charge is 2.41. The fourth-order valence-corrected chi connectivity index (χ4v) is 7.49. The van der Waals surface area contributed by atoms with E-state index in [9.17, 15) is 54.3 Å². The quantitative estimate of drug-likeness (QED) is 0.186. The average molecular weight is 760 g/mol. The van der Waals surface area contributed by atoms with Crippen LogP contribution in [0.5, 0.6) is 0 Å². The van der Waals surface area contributed by atoms with Crippen molar-refractivity contribution in [3.63, 3.8) is 0 Å². The summed E-state index contributed by atoms with van der Waals surface area (Å²) in [4.78, 5) is 43.1. The van der Waals surface area contributed by atoms with Crippen LogP contribution in [0.1, 0.15) is 44.6 Å². The monoisotopic (exact) mass is 759 g/mol. The van der Waals surface area contributed by atoms with Crippen LogP contribution < -0.4 is 15.4 Å². The maximum absolute atomic E-state index is 13.5. The van der Waals surface area contributed by atoms with Crippen LogP contribution in [0.4, 0.5) is 32.2 Å². The van der Waals surface area contributed by atoms with E-state index in [1.807, 2.05) is 0 Å². The maximum atomic E-state index is 13.5. The van der Waals surface area contributed by atoms with Crippen LogP contribution in [0, 0.1) is 20.8 Å². The number of amides is 2. The number of ether oxygens (including phenoxy) is 1. The first-order chi connectivity index (χ1) is 24.2. The minimum Gasteiger partial charge on any atom is -0.480 e. The van der Waals surface area contributed by atoms with E-state index >= 15 is 0 Å². The number of halogens is 6. The first-order valence-corrected chi connectivity index (χ1v) is 17.1. The zero-order valence-electron chi connectivity index (χ0n) is 27.9. The highest BCUT2D eigenvalue weighted by atomic mass is 32.2. The second kappa shape index (κ2) is 15.9. The fraction of sp³-hybridized carbons (Fsp3) is 0.394. The number of alkyl halides is 6. The lowest BCUT2D eigenvalue weighted by Gasteiger charge is -2.25. The Balaban J connectivity index is 1.46. The number of nitrogens with zero attached hydrogens (tertiary/aromatic N) is 2. The number of sulfonamides is 1. The molecule has 1 saturated heterocycles. The Hall–Kier alpha value is -4.75. The molecule has 1 aliphatic rings. The van der Waals surface area contributed by atoms with Gasteiger partial charge in [-0.25, -0.2) is 13.4 Å². The number of benzene rings is 2. The first kappa shape index (κ1) is 40.0. The molecular weight excluding hydrogens is 724 g/mol.